The second-order valence-corrected chi connectivity index (χ2v) is 8.10. The van der Waals surface area contributed by atoms with Crippen LogP contribution in [0.15, 0.2) is 30.3 Å². The molecular weight excluding hydrogens is 382 g/mol. The lowest BCUT2D eigenvalue weighted by Crippen LogP contribution is -2.38. The molecule has 2 aliphatic rings. The molecule has 1 aliphatic heterocycles. The predicted molar refractivity (Wildman–Crippen MR) is 111 cm³/mol. The van der Waals surface area contributed by atoms with Crippen LogP contribution in [0.25, 0.3) is 0 Å². The molecule has 2 aromatic rings. The fourth-order valence-corrected chi connectivity index (χ4v) is 3.76. The quantitative estimate of drug-likeness (QED) is 0.650. The van der Waals surface area contributed by atoms with Crippen LogP contribution in [0.4, 0.5) is 4.79 Å². The molecule has 1 saturated carbocycles. The minimum atomic E-state index is -0.454. The van der Waals surface area contributed by atoms with Crippen molar-refractivity contribution in [1.29, 1.82) is 0 Å². The summed E-state index contributed by atoms with van der Waals surface area (Å²) in [5.41, 5.74) is 0.945. The highest BCUT2D eigenvalue weighted by atomic mass is 16.5. The highest BCUT2D eigenvalue weighted by molar-refractivity contribution is 5.76. The molecule has 2 fully saturated rings. The van der Waals surface area contributed by atoms with Gasteiger partial charge in [0.15, 0.2) is 5.82 Å². The molecule has 0 bridgehead atoms. The summed E-state index contributed by atoms with van der Waals surface area (Å²) in [6.45, 7) is 2.16. The molecule has 1 aromatic carbocycles. The molecule has 160 valence electrons. The van der Waals surface area contributed by atoms with E-state index in [2.05, 4.69) is 20.5 Å². The zero-order valence-electron chi connectivity index (χ0n) is 17.2. The highest BCUT2D eigenvalue weighted by Crippen LogP contribution is 2.38. The first-order chi connectivity index (χ1) is 14.7. The fraction of sp³-hybridized carbons (Fsp3) is 0.545. The van der Waals surface area contributed by atoms with E-state index in [4.69, 9.17) is 4.74 Å². The first kappa shape index (κ1) is 20.4. The number of likely N-dealkylation sites (tertiary alicyclic amines) is 1. The Hall–Kier alpha value is -2.90. The van der Waals surface area contributed by atoms with Gasteiger partial charge in [0, 0.05) is 37.9 Å². The number of nitrogens with one attached hydrogen (secondary N) is 2. The molecule has 0 atom stereocenters. The fourth-order valence-electron chi connectivity index (χ4n) is 3.76. The van der Waals surface area contributed by atoms with Crippen LogP contribution in [0.5, 0.6) is 0 Å². The van der Waals surface area contributed by atoms with Gasteiger partial charge in [-0.05, 0) is 37.7 Å². The number of piperidine rings is 1. The number of benzene rings is 1. The number of amides is 2. The molecular formula is C22H29N5O3. The third kappa shape index (κ3) is 5.58. The normalized spacial score (nSPS) is 17.0. The van der Waals surface area contributed by atoms with Crippen LogP contribution >= 0.6 is 0 Å². The molecule has 1 aliphatic carbocycles. The standard InChI is InChI=1S/C22H29N5O3/c28-19(7-4-12-23-22(29)30-15-16-5-2-1-3-6-16)27-13-10-18(11-14-27)21-24-20(25-26-21)17-8-9-17/h1-3,5-6,17-18H,4,7-15H2,(H,23,29)(H,24,25,26). The molecule has 2 amide bonds. The Morgan fingerprint density at radius 1 is 1.10 bits per heavy atom. The van der Waals surface area contributed by atoms with Crippen LogP contribution in [-0.2, 0) is 16.1 Å². The van der Waals surface area contributed by atoms with Crippen LogP contribution in [-0.4, -0.2) is 51.7 Å². The number of carbonyl (C=O) groups is 2. The van der Waals surface area contributed by atoms with Crippen molar-refractivity contribution in [2.45, 2.75) is 57.0 Å². The number of hydrogen-bond donors (Lipinski definition) is 2. The van der Waals surface area contributed by atoms with E-state index in [1.807, 2.05) is 35.2 Å². The van der Waals surface area contributed by atoms with Crippen molar-refractivity contribution in [1.82, 2.24) is 25.4 Å². The van der Waals surface area contributed by atoms with Gasteiger partial charge in [0.1, 0.15) is 12.4 Å². The molecule has 1 saturated heterocycles. The summed E-state index contributed by atoms with van der Waals surface area (Å²) in [7, 11) is 0. The smallest absolute Gasteiger partial charge is 0.407 e. The number of nitrogens with zero attached hydrogens (tertiary/aromatic N) is 3. The van der Waals surface area contributed by atoms with E-state index in [1.165, 1.54) is 12.8 Å². The topological polar surface area (TPSA) is 100 Å². The van der Waals surface area contributed by atoms with Gasteiger partial charge in [0.05, 0.1) is 0 Å². The number of rotatable bonds is 8. The Morgan fingerprint density at radius 2 is 1.87 bits per heavy atom. The van der Waals surface area contributed by atoms with E-state index in [0.717, 1.165) is 43.1 Å². The number of H-pyrrole nitrogens is 1. The van der Waals surface area contributed by atoms with Gasteiger partial charge in [-0.25, -0.2) is 9.78 Å². The molecule has 1 aromatic heterocycles. The van der Waals surface area contributed by atoms with Crippen molar-refractivity contribution in [3.05, 3.63) is 47.5 Å². The number of hydrogen-bond acceptors (Lipinski definition) is 5. The summed E-state index contributed by atoms with van der Waals surface area (Å²) in [5.74, 6) is 2.99. The van der Waals surface area contributed by atoms with E-state index in [9.17, 15) is 9.59 Å². The van der Waals surface area contributed by atoms with E-state index < -0.39 is 6.09 Å². The Kier molecular flexibility index (Phi) is 6.61. The van der Waals surface area contributed by atoms with Crippen molar-refractivity contribution in [2.75, 3.05) is 19.6 Å². The third-order valence-electron chi connectivity index (χ3n) is 5.75. The van der Waals surface area contributed by atoms with Crippen LogP contribution in [0.2, 0.25) is 0 Å². The SMILES string of the molecule is O=C(NCCCC(=O)N1CCC(c2nc(C3CC3)n[nH]2)CC1)OCc1ccccc1. The second kappa shape index (κ2) is 9.73. The number of alkyl carbamates (subject to hydrolysis) is 1. The maximum absolute atomic E-state index is 12.4. The van der Waals surface area contributed by atoms with Gasteiger partial charge < -0.3 is 15.0 Å². The predicted octanol–water partition coefficient (Wildman–Crippen LogP) is 3.09. The number of aromatic amines is 1. The Labute approximate surface area is 176 Å². The van der Waals surface area contributed by atoms with E-state index in [0.29, 0.717) is 31.2 Å². The van der Waals surface area contributed by atoms with Gasteiger partial charge in [0.2, 0.25) is 5.91 Å². The molecule has 0 spiro atoms. The lowest BCUT2D eigenvalue weighted by Gasteiger charge is -2.31. The average Bonchev–Trinajstić information content (AvgIpc) is 3.52. The van der Waals surface area contributed by atoms with Gasteiger partial charge >= 0.3 is 6.09 Å². The second-order valence-electron chi connectivity index (χ2n) is 8.10. The average molecular weight is 412 g/mol. The minimum absolute atomic E-state index is 0.143. The summed E-state index contributed by atoms with van der Waals surface area (Å²) in [6.07, 6.45) is 4.80. The Morgan fingerprint density at radius 3 is 2.60 bits per heavy atom. The van der Waals surface area contributed by atoms with Crippen molar-refractivity contribution in [3.63, 3.8) is 0 Å². The zero-order valence-corrected chi connectivity index (χ0v) is 17.2. The molecule has 30 heavy (non-hydrogen) atoms. The summed E-state index contributed by atoms with van der Waals surface area (Å²) < 4.78 is 5.17. The maximum atomic E-state index is 12.4. The van der Waals surface area contributed by atoms with Crippen molar-refractivity contribution >= 4 is 12.0 Å². The zero-order chi connectivity index (χ0) is 20.8. The first-order valence-electron chi connectivity index (χ1n) is 10.8. The van der Waals surface area contributed by atoms with Gasteiger partial charge in [-0.1, -0.05) is 30.3 Å². The van der Waals surface area contributed by atoms with Crippen LogP contribution < -0.4 is 5.32 Å². The summed E-state index contributed by atoms with van der Waals surface area (Å²) in [4.78, 5) is 30.8. The summed E-state index contributed by atoms with van der Waals surface area (Å²) in [6, 6.07) is 9.54. The lowest BCUT2D eigenvalue weighted by molar-refractivity contribution is -0.132. The van der Waals surface area contributed by atoms with E-state index >= 15 is 0 Å². The van der Waals surface area contributed by atoms with Crippen LogP contribution in [0.3, 0.4) is 0 Å². The van der Waals surface area contributed by atoms with Crippen LogP contribution in [0, 0.1) is 0 Å². The highest BCUT2D eigenvalue weighted by Gasteiger charge is 2.30. The molecule has 8 heteroatoms. The molecule has 0 radical (unpaired) electrons. The number of carbonyl (C=O) groups excluding carboxylic acids is 2. The van der Waals surface area contributed by atoms with Gasteiger partial charge in [-0.15, -0.1) is 0 Å². The Bertz CT molecular complexity index is 841. The monoisotopic (exact) mass is 411 g/mol. The maximum Gasteiger partial charge on any atom is 0.407 e. The van der Waals surface area contributed by atoms with Crippen molar-refractivity contribution in [3.8, 4) is 0 Å². The number of ether oxygens (including phenoxy) is 1. The van der Waals surface area contributed by atoms with Crippen molar-refractivity contribution in [2.24, 2.45) is 0 Å². The first-order valence-corrected chi connectivity index (χ1v) is 10.8. The van der Waals surface area contributed by atoms with Gasteiger partial charge in [0.25, 0.3) is 0 Å². The molecule has 2 heterocycles. The molecule has 4 rings (SSSR count). The van der Waals surface area contributed by atoms with Gasteiger partial charge in [-0.2, -0.15) is 5.10 Å². The van der Waals surface area contributed by atoms with Crippen LogP contribution in [0.1, 0.15) is 67.6 Å². The Balaban J connectivity index is 1.09. The van der Waals surface area contributed by atoms with Gasteiger partial charge in [-0.3, -0.25) is 9.89 Å². The van der Waals surface area contributed by atoms with Crippen molar-refractivity contribution < 1.29 is 14.3 Å². The third-order valence-corrected chi connectivity index (χ3v) is 5.75. The van der Waals surface area contributed by atoms with E-state index in [1.54, 1.807) is 0 Å². The molecule has 8 nitrogen and oxygen atoms in total. The minimum Gasteiger partial charge on any atom is -0.445 e. The lowest BCUT2D eigenvalue weighted by atomic mass is 9.96. The largest absolute Gasteiger partial charge is 0.445 e. The number of aromatic nitrogens is 3. The van der Waals surface area contributed by atoms with E-state index in [-0.39, 0.29) is 12.5 Å². The molecule has 2 N–H and O–H groups in total. The summed E-state index contributed by atoms with van der Waals surface area (Å²) >= 11 is 0. The molecule has 0 unspecified atom stereocenters. The summed E-state index contributed by atoms with van der Waals surface area (Å²) in [5, 5.41) is 10.1.